The number of rotatable bonds is 3. The molecule has 6 heteroatoms. The first-order valence-electron chi connectivity index (χ1n) is 7.36. The summed E-state index contributed by atoms with van der Waals surface area (Å²) < 4.78 is 0. The van der Waals surface area contributed by atoms with Gasteiger partial charge in [-0.05, 0) is 31.4 Å². The Balaban J connectivity index is 1.59. The molecular weight excluding hydrogens is 278 g/mol. The number of nitrogens with zero attached hydrogens (tertiary/aromatic N) is 1. The first-order chi connectivity index (χ1) is 9.25. The molecule has 0 aromatic heterocycles. The lowest BCUT2D eigenvalue weighted by Gasteiger charge is -2.32. The highest BCUT2D eigenvalue weighted by Crippen LogP contribution is 2.35. The minimum Gasteiger partial charge on any atom is -0.306 e. The van der Waals surface area contributed by atoms with Crippen molar-refractivity contribution in [1.82, 2.24) is 10.4 Å². The molecule has 1 aliphatic carbocycles. The summed E-state index contributed by atoms with van der Waals surface area (Å²) in [6.45, 7) is 0. The molecule has 0 spiro atoms. The molecular formula is C13H23N3OS2. The van der Waals surface area contributed by atoms with Gasteiger partial charge in [-0.1, -0.05) is 31.0 Å². The fourth-order valence-electron chi connectivity index (χ4n) is 3.22. The first-order valence-corrected chi connectivity index (χ1v) is 9.36. The number of hydrogen-bond donors (Lipinski definition) is 2. The van der Waals surface area contributed by atoms with Gasteiger partial charge in [-0.25, -0.2) is 10.4 Å². The van der Waals surface area contributed by atoms with Crippen molar-refractivity contribution in [3.63, 3.8) is 0 Å². The molecule has 3 aliphatic rings. The number of ketones is 1. The van der Waals surface area contributed by atoms with Crippen LogP contribution in [-0.4, -0.2) is 38.7 Å². The summed E-state index contributed by atoms with van der Waals surface area (Å²) in [4.78, 5) is 12.4. The molecule has 2 aliphatic heterocycles. The van der Waals surface area contributed by atoms with Gasteiger partial charge in [-0.3, -0.25) is 4.79 Å². The predicted octanol–water partition coefficient (Wildman–Crippen LogP) is 1.91. The number of carbonyl (C=O) groups is 1. The molecule has 2 heterocycles. The average molecular weight is 301 g/mol. The van der Waals surface area contributed by atoms with E-state index in [1.54, 1.807) is 11.8 Å². The van der Waals surface area contributed by atoms with Crippen molar-refractivity contribution < 1.29 is 4.79 Å². The summed E-state index contributed by atoms with van der Waals surface area (Å²) in [5, 5.41) is 2.24. The Kier molecular flexibility index (Phi) is 4.74. The van der Waals surface area contributed by atoms with E-state index >= 15 is 0 Å². The number of hydrogen-bond acceptors (Lipinski definition) is 6. The highest BCUT2D eigenvalue weighted by Gasteiger charge is 2.41. The van der Waals surface area contributed by atoms with Gasteiger partial charge in [0.25, 0.3) is 0 Å². The summed E-state index contributed by atoms with van der Waals surface area (Å²) in [7, 11) is 0. The smallest absolute Gasteiger partial charge is 0.174 e. The minimum absolute atomic E-state index is 0.0662. The van der Waals surface area contributed by atoms with Gasteiger partial charge in [0.1, 0.15) is 10.9 Å². The zero-order chi connectivity index (χ0) is 13.2. The van der Waals surface area contributed by atoms with Crippen LogP contribution in [0.15, 0.2) is 0 Å². The molecule has 3 rings (SSSR count). The van der Waals surface area contributed by atoms with Crippen molar-refractivity contribution in [1.29, 1.82) is 0 Å². The Hall–Kier alpha value is 0.250. The molecule has 0 aromatic carbocycles. The molecule has 0 bridgehead atoms. The van der Waals surface area contributed by atoms with Gasteiger partial charge in [0.15, 0.2) is 5.78 Å². The number of nitrogens with two attached hydrogens (primary N) is 1. The third-order valence-corrected chi connectivity index (χ3v) is 6.80. The molecule has 3 unspecified atom stereocenters. The third kappa shape index (κ3) is 3.13. The maximum atomic E-state index is 12.4. The first kappa shape index (κ1) is 14.2. The average Bonchev–Trinajstić information content (AvgIpc) is 3.08. The highest BCUT2D eigenvalue weighted by atomic mass is 32.2. The zero-order valence-corrected chi connectivity index (χ0v) is 12.8. The number of hydrazine groups is 1. The van der Waals surface area contributed by atoms with Crippen molar-refractivity contribution in [3.05, 3.63) is 0 Å². The summed E-state index contributed by atoms with van der Waals surface area (Å²) in [6.07, 6.45) is 8.56. The van der Waals surface area contributed by atoms with E-state index in [4.69, 9.17) is 5.73 Å². The van der Waals surface area contributed by atoms with Crippen molar-refractivity contribution in [2.45, 2.75) is 67.1 Å². The Morgan fingerprint density at radius 2 is 1.95 bits per heavy atom. The Bertz CT molecular complexity index is 330. The quantitative estimate of drug-likeness (QED) is 0.830. The van der Waals surface area contributed by atoms with Gasteiger partial charge in [-0.2, -0.15) is 11.8 Å². The molecule has 0 radical (unpaired) electrons. The van der Waals surface area contributed by atoms with E-state index in [0.717, 1.165) is 12.2 Å². The van der Waals surface area contributed by atoms with Crippen LogP contribution in [0.25, 0.3) is 0 Å². The van der Waals surface area contributed by atoms with E-state index < -0.39 is 0 Å². The maximum absolute atomic E-state index is 12.4. The van der Waals surface area contributed by atoms with Gasteiger partial charge in [0, 0.05) is 6.04 Å². The largest absolute Gasteiger partial charge is 0.306 e. The van der Waals surface area contributed by atoms with E-state index in [1.165, 1.54) is 38.5 Å². The molecule has 0 amide bonds. The van der Waals surface area contributed by atoms with Crippen LogP contribution >= 0.6 is 23.5 Å². The predicted molar refractivity (Wildman–Crippen MR) is 81.7 cm³/mol. The van der Waals surface area contributed by atoms with E-state index in [9.17, 15) is 4.79 Å². The van der Waals surface area contributed by atoms with Crippen molar-refractivity contribution >= 4 is 29.3 Å². The number of carbonyl (C=O) groups excluding carboxylic acids is 1. The fourth-order valence-corrected chi connectivity index (χ4v) is 5.68. The van der Waals surface area contributed by atoms with Crippen LogP contribution < -0.4 is 11.2 Å². The van der Waals surface area contributed by atoms with Crippen molar-refractivity contribution in [3.8, 4) is 0 Å². The third-order valence-electron chi connectivity index (χ3n) is 4.29. The number of thioether (sulfide) groups is 2. The van der Waals surface area contributed by atoms with Crippen LogP contribution in [-0.2, 0) is 4.79 Å². The van der Waals surface area contributed by atoms with Crippen molar-refractivity contribution in [2.75, 3.05) is 5.75 Å². The van der Waals surface area contributed by atoms with Gasteiger partial charge in [0.2, 0.25) is 0 Å². The minimum atomic E-state index is -0.118. The summed E-state index contributed by atoms with van der Waals surface area (Å²) >= 11 is 3.41. The number of Topliss-reactive ketones (excluding diaryl/α,β-unsaturated/α-hetero) is 1. The van der Waals surface area contributed by atoms with E-state index in [0.29, 0.717) is 11.8 Å². The topological polar surface area (TPSA) is 58.4 Å². The van der Waals surface area contributed by atoms with Crippen LogP contribution in [0.2, 0.25) is 0 Å². The van der Waals surface area contributed by atoms with Crippen LogP contribution in [0.1, 0.15) is 44.9 Å². The molecule has 3 atom stereocenters. The fraction of sp³-hybridized carbons (Fsp3) is 0.923. The molecule has 3 N–H and O–H groups in total. The summed E-state index contributed by atoms with van der Waals surface area (Å²) in [5.74, 6) is 1.48. The second-order valence-corrected chi connectivity index (χ2v) is 8.18. The molecule has 1 saturated carbocycles. The second-order valence-electron chi connectivity index (χ2n) is 5.64. The summed E-state index contributed by atoms with van der Waals surface area (Å²) in [6, 6.07) is 0.519. The van der Waals surface area contributed by atoms with Gasteiger partial charge in [-0.15, -0.1) is 0 Å². The Morgan fingerprint density at radius 3 is 2.63 bits per heavy atom. The molecule has 4 nitrogen and oxygen atoms in total. The lowest BCUT2D eigenvalue weighted by atomic mass is 9.95. The van der Waals surface area contributed by atoms with E-state index in [2.05, 4.69) is 10.4 Å². The van der Waals surface area contributed by atoms with Crippen molar-refractivity contribution in [2.24, 2.45) is 5.73 Å². The standard InChI is InChI=1S/C13H23N3OS2/c14-13-16(9-5-2-1-3-6-9)15-12(19-13)11(17)10-7-4-8-18-10/h9-10,12-13,15H,1-8,14H2. The highest BCUT2D eigenvalue weighted by molar-refractivity contribution is 8.02. The monoisotopic (exact) mass is 301 g/mol. The maximum Gasteiger partial charge on any atom is 0.174 e. The lowest BCUT2D eigenvalue weighted by molar-refractivity contribution is -0.119. The van der Waals surface area contributed by atoms with Crippen LogP contribution in [0, 0.1) is 0 Å². The SMILES string of the molecule is NC1SC(C(=O)C2CCCS2)NN1C1CCCCC1. The Labute approximate surface area is 123 Å². The van der Waals surface area contributed by atoms with Gasteiger partial charge >= 0.3 is 0 Å². The van der Waals surface area contributed by atoms with Gasteiger partial charge < -0.3 is 5.73 Å². The van der Waals surface area contributed by atoms with Gasteiger partial charge in [0.05, 0.1) is 5.25 Å². The molecule has 2 saturated heterocycles. The van der Waals surface area contributed by atoms with Crippen LogP contribution in [0.5, 0.6) is 0 Å². The van der Waals surface area contributed by atoms with Crippen LogP contribution in [0.4, 0.5) is 0 Å². The Morgan fingerprint density at radius 1 is 1.16 bits per heavy atom. The zero-order valence-electron chi connectivity index (χ0n) is 11.2. The summed E-state index contributed by atoms with van der Waals surface area (Å²) in [5.41, 5.74) is 9.53. The van der Waals surface area contributed by atoms with E-state index in [-0.39, 0.29) is 16.1 Å². The molecule has 19 heavy (non-hydrogen) atoms. The molecule has 108 valence electrons. The number of nitrogens with one attached hydrogen (secondary N) is 1. The van der Waals surface area contributed by atoms with Crippen LogP contribution in [0.3, 0.4) is 0 Å². The lowest BCUT2D eigenvalue weighted by Crippen LogP contribution is -2.51. The molecule has 3 fully saturated rings. The van der Waals surface area contributed by atoms with E-state index in [1.807, 2.05) is 11.8 Å². The normalized spacial score (nSPS) is 37.8. The second kappa shape index (κ2) is 6.35. The molecule has 0 aromatic rings.